The topological polar surface area (TPSA) is 84.3 Å². The van der Waals surface area contributed by atoms with Crippen LogP contribution in [-0.2, 0) is 6.18 Å². The van der Waals surface area contributed by atoms with Crippen LogP contribution in [0.5, 0.6) is 5.75 Å². The monoisotopic (exact) mass is 431 g/mol. The number of nitrogens with one attached hydrogen (secondary N) is 1. The number of benzene rings is 1. The first-order valence-electron chi connectivity index (χ1n) is 8.71. The van der Waals surface area contributed by atoms with Crippen LogP contribution >= 0.6 is 11.6 Å². The molecule has 0 aliphatic rings. The van der Waals surface area contributed by atoms with E-state index >= 15 is 0 Å². The van der Waals surface area contributed by atoms with E-state index in [1.165, 1.54) is 24.4 Å². The molecule has 0 fully saturated rings. The molecule has 0 radical (unpaired) electrons. The SMILES string of the molecule is C[C@H](COc1ccc(-c2ccnc(Cl)n2)cc1C(F)(F)F)CC(C)(C)NC(=O)O. The molecule has 6 nitrogen and oxygen atoms in total. The zero-order valence-corrected chi connectivity index (χ0v) is 16.8. The Morgan fingerprint density at radius 3 is 2.59 bits per heavy atom. The molecule has 1 atom stereocenters. The predicted molar refractivity (Wildman–Crippen MR) is 102 cm³/mol. The van der Waals surface area contributed by atoms with Crippen LogP contribution in [0.15, 0.2) is 30.5 Å². The van der Waals surface area contributed by atoms with Gasteiger partial charge in [-0.1, -0.05) is 6.92 Å². The van der Waals surface area contributed by atoms with E-state index in [1.54, 1.807) is 20.8 Å². The maximum absolute atomic E-state index is 13.5. The van der Waals surface area contributed by atoms with Crippen molar-refractivity contribution < 1.29 is 27.8 Å². The van der Waals surface area contributed by atoms with Crippen molar-refractivity contribution in [3.63, 3.8) is 0 Å². The van der Waals surface area contributed by atoms with Crippen molar-refractivity contribution in [1.29, 1.82) is 0 Å². The Labute approximate surface area is 171 Å². The molecule has 0 unspecified atom stereocenters. The fraction of sp³-hybridized carbons (Fsp3) is 0.421. The molecular formula is C19H21ClF3N3O3. The molecule has 0 saturated carbocycles. The molecule has 2 aromatic rings. The number of amides is 1. The van der Waals surface area contributed by atoms with Gasteiger partial charge in [-0.3, -0.25) is 0 Å². The molecule has 0 saturated heterocycles. The molecule has 29 heavy (non-hydrogen) atoms. The van der Waals surface area contributed by atoms with Gasteiger partial charge in [-0.05, 0) is 62.1 Å². The van der Waals surface area contributed by atoms with E-state index < -0.39 is 23.4 Å². The largest absolute Gasteiger partial charge is 0.493 e. The molecule has 0 bridgehead atoms. The first kappa shape index (κ1) is 22.7. The summed E-state index contributed by atoms with van der Waals surface area (Å²) in [5.74, 6) is -0.504. The summed E-state index contributed by atoms with van der Waals surface area (Å²) in [4.78, 5) is 18.5. The van der Waals surface area contributed by atoms with Crippen LogP contribution in [-0.4, -0.2) is 33.3 Å². The lowest BCUT2D eigenvalue weighted by molar-refractivity contribution is -0.139. The second-order valence-electron chi connectivity index (χ2n) is 7.35. The molecular weight excluding hydrogens is 411 g/mol. The Hall–Kier alpha value is -2.55. The van der Waals surface area contributed by atoms with Gasteiger partial charge >= 0.3 is 12.3 Å². The van der Waals surface area contributed by atoms with Gasteiger partial charge in [0.2, 0.25) is 5.28 Å². The van der Waals surface area contributed by atoms with E-state index in [1.807, 2.05) is 0 Å². The minimum atomic E-state index is -4.63. The Morgan fingerprint density at radius 2 is 2.00 bits per heavy atom. The first-order valence-corrected chi connectivity index (χ1v) is 9.09. The van der Waals surface area contributed by atoms with Gasteiger partial charge in [0.05, 0.1) is 17.9 Å². The normalized spacial score (nSPS) is 13.1. The summed E-state index contributed by atoms with van der Waals surface area (Å²) in [6.45, 7) is 5.16. The van der Waals surface area contributed by atoms with Crippen molar-refractivity contribution in [2.24, 2.45) is 5.92 Å². The van der Waals surface area contributed by atoms with Crippen LogP contribution in [0.4, 0.5) is 18.0 Å². The van der Waals surface area contributed by atoms with E-state index in [0.29, 0.717) is 6.42 Å². The van der Waals surface area contributed by atoms with Gasteiger partial charge in [-0.2, -0.15) is 13.2 Å². The molecule has 2 rings (SSSR count). The lowest BCUT2D eigenvalue weighted by atomic mass is 9.92. The predicted octanol–water partition coefficient (Wildman–Crippen LogP) is 5.27. The molecule has 0 aliphatic carbocycles. The molecule has 1 aromatic carbocycles. The van der Waals surface area contributed by atoms with Crippen molar-refractivity contribution in [2.45, 2.75) is 38.9 Å². The molecule has 0 spiro atoms. The van der Waals surface area contributed by atoms with E-state index in [9.17, 15) is 18.0 Å². The Balaban J connectivity index is 2.19. The highest BCUT2D eigenvalue weighted by Gasteiger charge is 2.35. The van der Waals surface area contributed by atoms with Crippen molar-refractivity contribution in [2.75, 3.05) is 6.61 Å². The van der Waals surface area contributed by atoms with Gasteiger partial charge < -0.3 is 15.2 Å². The highest BCUT2D eigenvalue weighted by molar-refractivity contribution is 6.28. The fourth-order valence-electron chi connectivity index (χ4n) is 3.04. The van der Waals surface area contributed by atoms with Crippen LogP contribution in [0.1, 0.15) is 32.8 Å². The van der Waals surface area contributed by atoms with Crippen molar-refractivity contribution in [3.05, 3.63) is 41.3 Å². The van der Waals surface area contributed by atoms with Gasteiger partial charge in [-0.15, -0.1) is 0 Å². The van der Waals surface area contributed by atoms with Gasteiger partial charge in [0, 0.05) is 17.3 Å². The number of nitrogens with zero attached hydrogens (tertiary/aromatic N) is 2. The van der Waals surface area contributed by atoms with Crippen LogP contribution in [0.2, 0.25) is 5.28 Å². The Kier molecular flexibility index (Phi) is 6.94. The summed E-state index contributed by atoms with van der Waals surface area (Å²) in [5, 5.41) is 11.2. The maximum Gasteiger partial charge on any atom is 0.419 e. The highest BCUT2D eigenvalue weighted by atomic mass is 35.5. The van der Waals surface area contributed by atoms with E-state index in [2.05, 4.69) is 15.3 Å². The summed E-state index contributed by atoms with van der Waals surface area (Å²) < 4.78 is 46.1. The molecule has 10 heteroatoms. The Bertz CT molecular complexity index is 875. The van der Waals surface area contributed by atoms with Crippen molar-refractivity contribution >= 4 is 17.7 Å². The quantitative estimate of drug-likeness (QED) is 0.583. The average molecular weight is 432 g/mol. The molecule has 2 N–H and O–H groups in total. The van der Waals surface area contributed by atoms with E-state index in [4.69, 9.17) is 21.4 Å². The first-order chi connectivity index (χ1) is 13.4. The molecule has 1 amide bonds. The number of hydrogen-bond donors (Lipinski definition) is 2. The van der Waals surface area contributed by atoms with Gasteiger partial charge in [-0.25, -0.2) is 14.8 Å². The summed E-state index contributed by atoms with van der Waals surface area (Å²) in [6.07, 6.45) is -4.05. The summed E-state index contributed by atoms with van der Waals surface area (Å²) >= 11 is 5.71. The molecule has 158 valence electrons. The van der Waals surface area contributed by atoms with Gasteiger partial charge in [0.1, 0.15) is 5.75 Å². The smallest absolute Gasteiger partial charge is 0.419 e. The summed E-state index contributed by atoms with van der Waals surface area (Å²) in [5.41, 5.74) is -1.18. The maximum atomic E-state index is 13.5. The van der Waals surface area contributed by atoms with Crippen molar-refractivity contribution in [3.8, 4) is 17.0 Å². The average Bonchev–Trinajstić information content (AvgIpc) is 2.57. The minimum Gasteiger partial charge on any atom is -0.493 e. The number of halogens is 4. The Morgan fingerprint density at radius 1 is 1.31 bits per heavy atom. The van der Waals surface area contributed by atoms with E-state index in [-0.39, 0.29) is 34.8 Å². The van der Waals surface area contributed by atoms with Crippen LogP contribution in [0, 0.1) is 5.92 Å². The number of ether oxygens (including phenoxy) is 1. The number of rotatable bonds is 7. The number of carboxylic acid groups (broad SMARTS) is 1. The summed E-state index contributed by atoms with van der Waals surface area (Å²) in [6, 6.07) is 5.11. The fourth-order valence-corrected chi connectivity index (χ4v) is 3.18. The number of carbonyl (C=O) groups is 1. The second-order valence-corrected chi connectivity index (χ2v) is 7.69. The zero-order chi connectivity index (χ0) is 21.8. The number of aromatic nitrogens is 2. The number of hydrogen-bond acceptors (Lipinski definition) is 4. The zero-order valence-electron chi connectivity index (χ0n) is 16.0. The third-order valence-electron chi connectivity index (χ3n) is 4.03. The van der Waals surface area contributed by atoms with Gasteiger partial charge in [0.25, 0.3) is 0 Å². The molecule has 0 aliphatic heterocycles. The molecule has 1 aromatic heterocycles. The van der Waals surface area contributed by atoms with Crippen molar-refractivity contribution in [1.82, 2.24) is 15.3 Å². The second kappa shape index (κ2) is 8.86. The third-order valence-corrected chi connectivity index (χ3v) is 4.22. The minimum absolute atomic E-state index is 0.00745. The highest BCUT2D eigenvalue weighted by Crippen LogP contribution is 2.39. The standard InChI is InChI=1S/C19H21ClF3N3O3/c1-11(9-18(2,3)26-17(27)28)10-29-15-5-4-12(8-13(15)19(21,22)23)14-6-7-24-16(20)25-14/h4-8,11,26H,9-10H2,1-3H3,(H,27,28)/t11-/m0/s1. The van der Waals surface area contributed by atoms with Crippen LogP contribution in [0.25, 0.3) is 11.3 Å². The van der Waals surface area contributed by atoms with Gasteiger partial charge in [0.15, 0.2) is 0 Å². The van der Waals surface area contributed by atoms with Crippen LogP contribution < -0.4 is 10.1 Å². The lowest BCUT2D eigenvalue weighted by Crippen LogP contribution is -2.44. The van der Waals surface area contributed by atoms with Crippen LogP contribution in [0.3, 0.4) is 0 Å². The lowest BCUT2D eigenvalue weighted by Gasteiger charge is -2.28. The molecule has 1 heterocycles. The third kappa shape index (κ3) is 6.77. The number of alkyl halides is 3. The van der Waals surface area contributed by atoms with E-state index in [0.717, 1.165) is 6.07 Å². The summed E-state index contributed by atoms with van der Waals surface area (Å²) in [7, 11) is 0.